The van der Waals surface area contributed by atoms with Crippen LogP contribution in [0.25, 0.3) is 11.1 Å². The molecule has 39 heavy (non-hydrogen) atoms. The van der Waals surface area contributed by atoms with E-state index in [0.29, 0.717) is 18.4 Å². The molecule has 0 aromatic heterocycles. The van der Waals surface area contributed by atoms with Gasteiger partial charge in [-0.25, -0.2) is 18.0 Å². The molecule has 1 atom stereocenters. The minimum Gasteiger partial charge on any atom is -0.491 e. The van der Waals surface area contributed by atoms with Crippen LogP contribution in [0.1, 0.15) is 74.2 Å². The van der Waals surface area contributed by atoms with Crippen LogP contribution in [0.15, 0.2) is 48.5 Å². The fraction of sp³-hybridized carbons (Fsp3) is 0.387. The average molecular weight is 545 g/mol. The maximum Gasteiger partial charge on any atom is 0.346 e. The van der Waals surface area contributed by atoms with E-state index < -0.39 is 34.8 Å². The number of carbonyl (C=O) groups excluding carboxylic acids is 1. The van der Waals surface area contributed by atoms with Gasteiger partial charge in [-0.1, -0.05) is 31.5 Å². The first-order chi connectivity index (χ1) is 18.7. The van der Waals surface area contributed by atoms with Gasteiger partial charge in [0.2, 0.25) is 5.82 Å². The number of hydrogen-bond acceptors (Lipinski definition) is 4. The first-order valence-corrected chi connectivity index (χ1v) is 13.3. The van der Waals surface area contributed by atoms with E-state index in [2.05, 4.69) is 0 Å². The van der Waals surface area contributed by atoms with E-state index in [4.69, 9.17) is 9.47 Å². The molecule has 0 spiro atoms. The van der Waals surface area contributed by atoms with Crippen molar-refractivity contribution in [2.24, 2.45) is 5.92 Å². The van der Waals surface area contributed by atoms with Gasteiger partial charge in [-0.15, -0.1) is 0 Å². The molecule has 208 valence electrons. The fourth-order valence-corrected chi connectivity index (χ4v) is 5.27. The van der Waals surface area contributed by atoms with Gasteiger partial charge in [0, 0.05) is 5.56 Å². The van der Waals surface area contributed by atoms with Gasteiger partial charge >= 0.3 is 5.97 Å². The Balaban J connectivity index is 1.43. The maximum absolute atomic E-state index is 15.0. The number of ether oxygens (including phenoxy) is 2. The van der Waals surface area contributed by atoms with Crippen LogP contribution in [0.2, 0.25) is 0 Å². The van der Waals surface area contributed by atoms with E-state index in [-0.39, 0.29) is 47.2 Å². The highest BCUT2D eigenvalue weighted by molar-refractivity contribution is 5.91. The molecule has 4 rings (SSSR count). The largest absolute Gasteiger partial charge is 0.491 e. The average Bonchev–Trinajstić information content (AvgIpc) is 2.94. The second kappa shape index (κ2) is 12.6. The molecule has 1 fully saturated rings. The summed E-state index contributed by atoms with van der Waals surface area (Å²) in [6.45, 7) is 3.86. The van der Waals surface area contributed by atoms with Gasteiger partial charge in [0.15, 0.2) is 23.2 Å². The Morgan fingerprint density at radius 1 is 0.872 bits per heavy atom. The minimum absolute atomic E-state index is 0.00793. The standard InChI is InChI=1S/C31H32F4O4/c1-3-5-25(36)20-8-6-18(7-9-20)22-14-15-24(29(34)27(22)32)31(37)39-21-12-10-19(11-13-21)23-16-17-26(38-4-2)30(35)28(23)33/h10-18,20,25,36H,3-9H2,1-2H3. The third kappa shape index (κ3) is 6.27. The van der Waals surface area contributed by atoms with Crippen LogP contribution in [-0.2, 0) is 0 Å². The summed E-state index contributed by atoms with van der Waals surface area (Å²) >= 11 is 0. The Morgan fingerprint density at radius 3 is 2.21 bits per heavy atom. The molecule has 1 aliphatic rings. The Hall–Kier alpha value is -3.39. The normalized spacial score (nSPS) is 18.0. The zero-order valence-electron chi connectivity index (χ0n) is 22.0. The molecule has 0 bridgehead atoms. The number of benzene rings is 3. The monoisotopic (exact) mass is 544 g/mol. The van der Waals surface area contributed by atoms with Gasteiger partial charge < -0.3 is 14.6 Å². The predicted molar refractivity (Wildman–Crippen MR) is 140 cm³/mol. The molecule has 0 radical (unpaired) electrons. The highest BCUT2D eigenvalue weighted by Crippen LogP contribution is 2.39. The predicted octanol–water partition coefficient (Wildman–Crippen LogP) is 7.96. The molecule has 0 aliphatic heterocycles. The summed E-state index contributed by atoms with van der Waals surface area (Å²) in [7, 11) is 0. The van der Waals surface area contributed by atoms with Crippen molar-refractivity contribution in [2.45, 2.75) is 64.4 Å². The van der Waals surface area contributed by atoms with E-state index in [1.165, 1.54) is 48.5 Å². The van der Waals surface area contributed by atoms with Gasteiger partial charge in [0.1, 0.15) is 5.75 Å². The lowest BCUT2D eigenvalue weighted by Gasteiger charge is -2.32. The number of esters is 1. The van der Waals surface area contributed by atoms with Crippen molar-refractivity contribution in [3.63, 3.8) is 0 Å². The Bertz CT molecular complexity index is 1300. The number of halogens is 4. The van der Waals surface area contributed by atoms with E-state index in [1.54, 1.807) is 6.92 Å². The topological polar surface area (TPSA) is 55.8 Å². The quantitative estimate of drug-likeness (QED) is 0.169. The molecule has 0 saturated heterocycles. The van der Waals surface area contributed by atoms with Crippen molar-refractivity contribution < 1.29 is 36.9 Å². The summed E-state index contributed by atoms with van der Waals surface area (Å²) in [5, 5.41) is 10.3. The van der Waals surface area contributed by atoms with Crippen LogP contribution in [0.4, 0.5) is 17.6 Å². The van der Waals surface area contributed by atoms with Crippen LogP contribution >= 0.6 is 0 Å². The van der Waals surface area contributed by atoms with E-state index >= 15 is 4.39 Å². The SMILES string of the molecule is CCCC(O)C1CCC(c2ccc(C(=O)Oc3ccc(-c4ccc(OCC)c(F)c4F)cc3)c(F)c2F)CC1. The van der Waals surface area contributed by atoms with E-state index in [1.807, 2.05) is 6.92 Å². The van der Waals surface area contributed by atoms with Gasteiger partial charge in [-0.2, -0.15) is 4.39 Å². The van der Waals surface area contributed by atoms with Crippen LogP contribution in [-0.4, -0.2) is 23.8 Å². The minimum atomic E-state index is -1.27. The zero-order valence-corrected chi connectivity index (χ0v) is 22.0. The van der Waals surface area contributed by atoms with Crippen molar-refractivity contribution in [3.05, 3.63) is 82.9 Å². The third-order valence-corrected chi connectivity index (χ3v) is 7.39. The second-order valence-electron chi connectivity index (χ2n) is 9.88. The summed E-state index contributed by atoms with van der Waals surface area (Å²) in [5.41, 5.74) is 0.00709. The van der Waals surface area contributed by atoms with Crippen molar-refractivity contribution in [3.8, 4) is 22.6 Å². The van der Waals surface area contributed by atoms with Crippen molar-refractivity contribution in [1.29, 1.82) is 0 Å². The molecule has 1 unspecified atom stereocenters. The lowest BCUT2D eigenvalue weighted by Crippen LogP contribution is -2.25. The van der Waals surface area contributed by atoms with Gasteiger partial charge in [-0.05, 0) is 92.3 Å². The molecular formula is C31H32F4O4. The first kappa shape index (κ1) is 28.6. The Morgan fingerprint density at radius 2 is 1.56 bits per heavy atom. The van der Waals surface area contributed by atoms with Crippen molar-refractivity contribution in [2.75, 3.05) is 6.61 Å². The van der Waals surface area contributed by atoms with Crippen LogP contribution in [0.5, 0.6) is 11.5 Å². The van der Waals surface area contributed by atoms with Crippen LogP contribution in [0.3, 0.4) is 0 Å². The number of carbonyl (C=O) groups is 1. The number of aliphatic hydroxyl groups is 1. The molecule has 0 amide bonds. The summed E-state index contributed by atoms with van der Waals surface area (Å²) in [6.07, 6.45) is 4.00. The molecule has 3 aromatic rings. The second-order valence-corrected chi connectivity index (χ2v) is 9.88. The molecule has 8 heteroatoms. The molecule has 1 N–H and O–H groups in total. The van der Waals surface area contributed by atoms with Gasteiger partial charge in [0.25, 0.3) is 0 Å². The highest BCUT2D eigenvalue weighted by Gasteiger charge is 2.30. The lowest BCUT2D eigenvalue weighted by atomic mass is 9.76. The molecule has 4 nitrogen and oxygen atoms in total. The number of rotatable bonds is 9. The first-order valence-electron chi connectivity index (χ1n) is 13.3. The molecule has 1 saturated carbocycles. The molecule has 1 aliphatic carbocycles. The summed E-state index contributed by atoms with van der Waals surface area (Å²) in [5.74, 6) is -5.77. The summed E-state index contributed by atoms with van der Waals surface area (Å²) in [6, 6.07) is 10.9. The lowest BCUT2D eigenvalue weighted by molar-refractivity contribution is 0.0717. The smallest absolute Gasteiger partial charge is 0.346 e. The summed E-state index contributed by atoms with van der Waals surface area (Å²) < 4.78 is 68.9. The molecule has 0 heterocycles. The van der Waals surface area contributed by atoms with Crippen LogP contribution < -0.4 is 9.47 Å². The molecule has 3 aromatic carbocycles. The Kier molecular flexibility index (Phi) is 9.28. The van der Waals surface area contributed by atoms with E-state index in [0.717, 1.165) is 25.7 Å². The fourth-order valence-electron chi connectivity index (χ4n) is 5.27. The zero-order chi connectivity index (χ0) is 28.1. The maximum atomic E-state index is 15.0. The van der Waals surface area contributed by atoms with Gasteiger partial charge in [0.05, 0.1) is 18.3 Å². The summed E-state index contributed by atoms with van der Waals surface area (Å²) in [4.78, 5) is 12.6. The third-order valence-electron chi connectivity index (χ3n) is 7.39. The Labute approximate surface area is 225 Å². The van der Waals surface area contributed by atoms with Crippen molar-refractivity contribution >= 4 is 5.97 Å². The van der Waals surface area contributed by atoms with Gasteiger partial charge in [-0.3, -0.25) is 0 Å². The van der Waals surface area contributed by atoms with E-state index in [9.17, 15) is 23.1 Å². The number of hydrogen-bond donors (Lipinski definition) is 1. The van der Waals surface area contributed by atoms with Crippen molar-refractivity contribution in [1.82, 2.24) is 0 Å². The van der Waals surface area contributed by atoms with Crippen LogP contribution in [0, 0.1) is 29.2 Å². The molecular weight excluding hydrogens is 512 g/mol. The number of aliphatic hydroxyl groups excluding tert-OH is 1. The highest BCUT2D eigenvalue weighted by atomic mass is 19.2.